The Morgan fingerprint density at radius 1 is 1.24 bits per heavy atom. The Hall–Kier alpha value is -2.21. The fraction of sp³-hybridized carbons (Fsp3) is 0.133. The van der Waals surface area contributed by atoms with E-state index in [9.17, 15) is 14.9 Å². The minimum Gasteiger partial charge on any atom is -0.490 e. The van der Waals surface area contributed by atoms with Crippen LogP contribution in [-0.4, -0.2) is 17.8 Å². The molecule has 0 spiro atoms. The maximum absolute atomic E-state index is 12.2. The Morgan fingerprint density at radius 2 is 1.90 bits per heavy atom. The second kappa shape index (κ2) is 6.49. The molecule has 6 heteroatoms. The number of hydrogen-bond donors (Lipinski definition) is 0. The molecule has 2 aromatic carbocycles. The van der Waals surface area contributed by atoms with Gasteiger partial charge < -0.3 is 4.74 Å². The summed E-state index contributed by atoms with van der Waals surface area (Å²) in [5.74, 6) is -0.0350. The van der Waals surface area contributed by atoms with Gasteiger partial charge in [-0.15, -0.1) is 0 Å². The molecule has 0 aliphatic rings. The molecule has 5 nitrogen and oxygen atoms in total. The summed E-state index contributed by atoms with van der Waals surface area (Å²) in [6.45, 7) is 0. The van der Waals surface area contributed by atoms with Crippen LogP contribution in [0.3, 0.4) is 0 Å². The van der Waals surface area contributed by atoms with E-state index >= 15 is 0 Å². The Balaban J connectivity index is 2.23. The SMILES string of the molecule is COc1cc(C(=O)Cc2ccc(Br)cc2)ccc1[N+](=O)[O-]. The molecule has 0 unspecified atom stereocenters. The van der Waals surface area contributed by atoms with Crippen LogP contribution in [0.5, 0.6) is 5.75 Å². The van der Waals surface area contributed by atoms with Crippen LogP contribution in [0, 0.1) is 10.1 Å². The molecule has 0 N–H and O–H groups in total. The molecule has 0 saturated heterocycles. The van der Waals surface area contributed by atoms with Crippen LogP contribution in [0.4, 0.5) is 5.69 Å². The molecule has 2 rings (SSSR count). The van der Waals surface area contributed by atoms with Crippen LogP contribution < -0.4 is 4.74 Å². The third-order valence-electron chi connectivity index (χ3n) is 2.98. The number of halogens is 1. The van der Waals surface area contributed by atoms with Gasteiger partial charge in [-0.3, -0.25) is 14.9 Å². The zero-order chi connectivity index (χ0) is 15.4. The number of nitro groups is 1. The Morgan fingerprint density at radius 3 is 2.48 bits per heavy atom. The molecule has 0 fully saturated rings. The number of methoxy groups -OCH3 is 1. The van der Waals surface area contributed by atoms with Gasteiger partial charge in [-0.05, 0) is 29.8 Å². The van der Waals surface area contributed by atoms with E-state index in [1.54, 1.807) is 0 Å². The molecule has 0 aliphatic carbocycles. The van der Waals surface area contributed by atoms with E-state index in [1.165, 1.54) is 25.3 Å². The summed E-state index contributed by atoms with van der Waals surface area (Å²) in [4.78, 5) is 22.5. The second-order valence-corrected chi connectivity index (χ2v) is 5.29. The van der Waals surface area contributed by atoms with Crippen molar-refractivity contribution in [3.05, 3.63) is 68.2 Å². The van der Waals surface area contributed by atoms with E-state index in [0.29, 0.717) is 5.56 Å². The third-order valence-corrected chi connectivity index (χ3v) is 3.50. The van der Waals surface area contributed by atoms with E-state index < -0.39 is 4.92 Å². The molecule has 2 aromatic rings. The number of hydrogen-bond acceptors (Lipinski definition) is 4. The number of carbonyl (C=O) groups is 1. The highest BCUT2D eigenvalue weighted by Gasteiger charge is 2.17. The predicted octanol–water partition coefficient (Wildman–Crippen LogP) is 3.79. The third kappa shape index (κ3) is 3.66. The summed E-state index contributed by atoms with van der Waals surface area (Å²) >= 11 is 3.33. The highest BCUT2D eigenvalue weighted by Crippen LogP contribution is 2.28. The highest BCUT2D eigenvalue weighted by atomic mass is 79.9. The molecule has 0 aliphatic heterocycles. The number of nitrogens with zero attached hydrogens (tertiary/aromatic N) is 1. The molecule has 0 saturated carbocycles. The summed E-state index contributed by atoms with van der Waals surface area (Å²) in [5.41, 5.74) is 1.11. The van der Waals surface area contributed by atoms with Gasteiger partial charge in [0.25, 0.3) is 0 Å². The zero-order valence-corrected chi connectivity index (χ0v) is 12.8. The largest absolute Gasteiger partial charge is 0.490 e. The van der Waals surface area contributed by atoms with Gasteiger partial charge in [-0.1, -0.05) is 28.1 Å². The summed E-state index contributed by atoms with van der Waals surface area (Å²) in [6, 6.07) is 11.6. The average Bonchev–Trinajstić information content (AvgIpc) is 2.48. The Labute approximate surface area is 129 Å². The van der Waals surface area contributed by atoms with Gasteiger partial charge in [-0.25, -0.2) is 0 Å². The average molecular weight is 350 g/mol. The van der Waals surface area contributed by atoms with Crippen molar-refractivity contribution >= 4 is 27.4 Å². The first-order valence-electron chi connectivity index (χ1n) is 6.11. The molecule has 0 heterocycles. The summed E-state index contributed by atoms with van der Waals surface area (Å²) in [7, 11) is 1.34. The quantitative estimate of drug-likeness (QED) is 0.467. The second-order valence-electron chi connectivity index (χ2n) is 4.37. The van der Waals surface area contributed by atoms with E-state index in [-0.39, 0.29) is 23.6 Å². The van der Waals surface area contributed by atoms with Gasteiger partial charge in [0.15, 0.2) is 11.5 Å². The van der Waals surface area contributed by atoms with Gasteiger partial charge in [0.1, 0.15) is 0 Å². The molecule has 21 heavy (non-hydrogen) atoms. The van der Waals surface area contributed by atoms with Crippen molar-refractivity contribution in [2.24, 2.45) is 0 Å². The fourth-order valence-corrected chi connectivity index (χ4v) is 2.16. The molecule has 0 bridgehead atoms. The number of nitro benzene ring substituents is 1. The van der Waals surface area contributed by atoms with Gasteiger partial charge in [0, 0.05) is 22.5 Å². The van der Waals surface area contributed by atoms with E-state index in [1.807, 2.05) is 24.3 Å². The van der Waals surface area contributed by atoms with Crippen molar-refractivity contribution in [3.63, 3.8) is 0 Å². The number of ether oxygens (including phenoxy) is 1. The molecule has 0 amide bonds. The first-order chi connectivity index (χ1) is 10.0. The number of ketones is 1. The lowest BCUT2D eigenvalue weighted by molar-refractivity contribution is -0.385. The van der Waals surface area contributed by atoms with E-state index in [2.05, 4.69) is 15.9 Å². The van der Waals surface area contributed by atoms with Gasteiger partial charge >= 0.3 is 5.69 Å². The van der Waals surface area contributed by atoms with Crippen LogP contribution in [0.15, 0.2) is 46.9 Å². The molecule has 108 valence electrons. The van der Waals surface area contributed by atoms with Crippen LogP contribution in [0.25, 0.3) is 0 Å². The lowest BCUT2D eigenvalue weighted by Gasteiger charge is -2.05. The van der Waals surface area contributed by atoms with Crippen LogP contribution in [-0.2, 0) is 6.42 Å². The van der Waals surface area contributed by atoms with Gasteiger partial charge in [-0.2, -0.15) is 0 Å². The maximum Gasteiger partial charge on any atom is 0.310 e. The minimum absolute atomic E-state index is 0.0849. The first kappa shape index (κ1) is 15.2. The standard InChI is InChI=1S/C15H12BrNO4/c1-21-15-9-11(4-7-13(15)17(19)20)14(18)8-10-2-5-12(16)6-3-10/h2-7,9H,8H2,1H3. The van der Waals surface area contributed by atoms with Crippen molar-refractivity contribution in [3.8, 4) is 5.75 Å². The van der Waals surface area contributed by atoms with Crippen molar-refractivity contribution in [1.82, 2.24) is 0 Å². The van der Waals surface area contributed by atoms with Crippen molar-refractivity contribution in [1.29, 1.82) is 0 Å². The summed E-state index contributed by atoms with van der Waals surface area (Å²) in [5, 5.41) is 10.8. The Bertz CT molecular complexity index is 683. The number of Topliss-reactive ketones (excluding diaryl/α,β-unsaturated/α-hetero) is 1. The van der Waals surface area contributed by atoms with Crippen LogP contribution in [0.1, 0.15) is 15.9 Å². The lowest BCUT2D eigenvalue weighted by Crippen LogP contribution is -2.04. The minimum atomic E-state index is -0.540. The molecular weight excluding hydrogens is 338 g/mol. The lowest BCUT2D eigenvalue weighted by atomic mass is 10.0. The normalized spacial score (nSPS) is 10.2. The number of rotatable bonds is 5. The van der Waals surface area contributed by atoms with Crippen LogP contribution >= 0.6 is 15.9 Å². The van der Waals surface area contributed by atoms with Crippen molar-refractivity contribution in [2.45, 2.75) is 6.42 Å². The number of benzene rings is 2. The molecular formula is C15H12BrNO4. The maximum atomic E-state index is 12.2. The van der Waals surface area contributed by atoms with E-state index in [4.69, 9.17) is 4.74 Å². The molecule has 0 radical (unpaired) electrons. The van der Waals surface area contributed by atoms with Gasteiger partial charge in [0.2, 0.25) is 0 Å². The summed E-state index contributed by atoms with van der Waals surface area (Å²) < 4.78 is 5.90. The summed E-state index contributed by atoms with van der Waals surface area (Å²) in [6.07, 6.45) is 0.230. The Kier molecular flexibility index (Phi) is 4.70. The van der Waals surface area contributed by atoms with Crippen LogP contribution in [0.2, 0.25) is 0 Å². The fourth-order valence-electron chi connectivity index (χ4n) is 1.89. The monoisotopic (exact) mass is 349 g/mol. The predicted molar refractivity (Wildman–Crippen MR) is 81.8 cm³/mol. The van der Waals surface area contributed by atoms with Gasteiger partial charge in [0.05, 0.1) is 12.0 Å². The first-order valence-corrected chi connectivity index (χ1v) is 6.90. The van der Waals surface area contributed by atoms with Crippen molar-refractivity contribution < 1.29 is 14.5 Å². The van der Waals surface area contributed by atoms with E-state index in [0.717, 1.165) is 10.0 Å². The zero-order valence-electron chi connectivity index (χ0n) is 11.2. The topological polar surface area (TPSA) is 69.4 Å². The van der Waals surface area contributed by atoms with Crippen molar-refractivity contribution in [2.75, 3.05) is 7.11 Å². The molecule has 0 atom stereocenters. The molecule has 0 aromatic heterocycles. The highest BCUT2D eigenvalue weighted by molar-refractivity contribution is 9.10. The number of carbonyl (C=O) groups excluding carboxylic acids is 1. The smallest absolute Gasteiger partial charge is 0.310 e.